The molecule has 0 N–H and O–H groups in total. The highest BCUT2D eigenvalue weighted by atomic mass is 16.6. The summed E-state index contributed by atoms with van der Waals surface area (Å²) in [5.41, 5.74) is -0.399. The first-order chi connectivity index (χ1) is 5.12. The minimum absolute atomic E-state index is 0.207. The monoisotopic (exact) mass is 155 g/mol. The number of carbonyl (C=O) groups excluding carboxylic acids is 1. The van der Waals surface area contributed by atoms with Gasteiger partial charge in [-0.05, 0) is 32.6 Å². The highest BCUT2D eigenvalue weighted by molar-refractivity contribution is 5.66. The SMILES string of the molecule is [CH2]C1(OC(C)=O)CCCCC1. The largest absolute Gasteiger partial charge is 0.459 e. The van der Waals surface area contributed by atoms with Crippen LogP contribution in [0.1, 0.15) is 39.0 Å². The van der Waals surface area contributed by atoms with Crippen molar-refractivity contribution in [1.82, 2.24) is 0 Å². The van der Waals surface area contributed by atoms with E-state index in [4.69, 9.17) is 4.74 Å². The smallest absolute Gasteiger partial charge is 0.303 e. The minimum Gasteiger partial charge on any atom is -0.459 e. The van der Waals surface area contributed by atoms with Crippen LogP contribution in [0.5, 0.6) is 0 Å². The molecule has 11 heavy (non-hydrogen) atoms. The van der Waals surface area contributed by atoms with Crippen LogP contribution >= 0.6 is 0 Å². The van der Waals surface area contributed by atoms with Gasteiger partial charge >= 0.3 is 5.97 Å². The molecule has 0 aromatic heterocycles. The number of carbonyl (C=O) groups is 1. The molecule has 1 aliphatic carbocycles. The van der Waals surface area contributed by atoms with Gasteiger partial charge in [-0.1, -0.05) is 6.42 Å². The quantitative estimate of drug-likeness (QED) is 0.542. The van der Waals surface area contributed by atoms with Crippen molar-refractivity contribution in [2.24, 2.45) is 0 Å². The van der Waals surface area contributed by atoms with Crippen LogP contribution in [0.3, 0.4) is 0 Å². The summed E-state index contributed by atoms with van der Waals surface area (Å²) in [6.07, 6.45) is 5.37. The molecular formula is C9H15O2. The summed E-state index contributed by atoms with van der Waals surface area (Å²) >= 11 is 0. The van der Waals surface area contributed by atoms with Gasteiger partial charge in [0.2, 0.25) is 0 Å². The van der Waals surface area contributed by atoms with Crippen LogP contribution in [0.2, 0.25) is 0 Å². The van der Waals surface area contributed by atoms with E-state index in [9.17, 15) is 4.79 Å². The second-order valence-electron chi connectivity index (χ2n) is 3.34. The van der Waals surface area contributed by atoms with Crippen LogP contribution in [0.25, 0.3) is 0 Å². The van der Waals surface area contributed by atoms with Crippen molar-refractivity contribution in [3.63, 3.8) is 0 Å². The lowest BCUT2D eigenvalue weighted by atomic mass is 9.86. The number of hydrogen-bond donors (Lipinski definition) is 0. The third-order valence-electron chi connectivity index (χ3n) is 2.13. The van der Waals surface area contributed by atoms with Crippen molar-refractivity contribution in [3.05, 3.63) is 6.92 Å². The molecule has 0 spiro atoms. The Morgan fingerprint density at radius 3 is 2.36 bits per heavy atom. The van der Waals surface area contributed by atoms with Crippen LogP contribution in [-0.2, 0) is 9.53 Å². The molecule has 0 heterocycles. The Morgan fingerprint density at radius 2 is 1.91 bits per heavy atom. The molecule has 0 saturated heterocycles. The average molecular weight is 155 g/mol. The Kier molecular flexibility index (Phi) is 2.53. The third kappa shape index (κ3) is 2.52. The Bertz CT molecular complexity index is 146. The summed E-state index contributed by atoms with van der Waals surface area (Å²) in [4.78, 5) is 10.7. The van der Waals surface area contributed by atoms with E-state index < -0.39 is 5.60 Å². The van der Waals surface area contributed by atoms with Gasteiger partial charge in [0.15, 0.2) is 0 Å². The van der Waals surface area contributed by atoms with Gasteiger partial charge < -0.3 is 4.74 Å². The van der Waals surface area contributed by atoms with E-state index in [0.29, 0.717) is 0 Å². The maximum atomic E-state index is 10.7. The molecule has 0 aromatic carbocycles. The Balaban J connectivity index is 2.43. The van der Waals surface area contributed by atoms with Gasteiger partial charge in [0, 0.05) is 6.92 Å². The summed E-state index contributed by atoms with van der Waals surface area (Å²) in [5, 5.41) is 0. The molecule has 0 amide bonds. The van der Waals surface area contributed by atoms with E-state index in [0.717, 1.165) is 25.7 Å². The van der Waals surface area contributed by atoms with Crippen molar-refractivity contribution < 1.29 is 9.53 Å². The molecule has 1 fully saturated rings. The maximum absolute atomic E-state index is 10.7. The lowest BCUT2D eigenvalue weighted by Gasteiger charge is -2.32. The molecule has 2 heteroatoms. The first kappa shape index (κ1) is 8.57. The Hall–Kier alpha value is -0.530. The molecule has 0 atom stereocenters. The fraction of sp³-hybridized carbons (Fsp3) is 0.778. The van der Waals surface area contributed by atoms with Gasteiger partial charge in [0.05, 0.1) is 0 Å². The van der Waals surface area contributed by atoms with E-state index in [-0.39, 0.29) is 5.97 Å². The summed E-state index contributed by atoms with van der Waals surface area (Å²) in [5.74, 6) is -0.207. The van der Waals surface area contributed by atoms with Crippen LogP contribution < -0.4 is 0 Å². The second kappa shape index (κ2) is 3.24. The molecule has 63 valence electrons. The van der Waals surface area contributed by atoms with Gasteiger partial charge in [0.1, 0.15) is 5.60 Å². The molecule has 1 rings (SSSR count). The molecule has 0 unspecified atom stereocenters. The zero-order valence-corrected chi connectivity index (χ0v) is 7.06. The molecule has 0 aliphatic heterocycles. The fourth-order valence-electron chi connectivity index (χ4n) is 1.60. The molecule has 1 radical (unpaired) electrons. The van der Waals surface area contributed by atoms with Crippen molar-refractivity contribution in [2.75, 3.05) is 0 Å². The van der Waals surface area contributed by atoms with E-state index in [1.807, 2.05) is 0 Å². The van der Waals surface area contributed by atoms with Crippen molar-refractivity contribution >= 4 is 5.97 Å². The molecule has 0 aromatic rings. The Morgan fingerprint density at radius 1 is 1.36 bits per heavy atom. The lowest BCUT2D eigenvalue weighted by molar-refractivity contribution is -0.155. The number of hydrogen-bond acceptors (Lipinski definition) is 2. The topological polar surface area (TPSA) is 26.3 Å². The molecule has 1 aliphatic rings. The predicted molar refractivity (Wildman–Crippen MR) is 42.9 cm³/mol. The van der Waals surface area contributed by atoms with Gasteiger partial charge in [0.25, 0.3) is 0 Å². The second-order valence-corrected chi connectivity index (χ2v) is 3.34. The van der Waals surface area contributed by atoms with Gasteiger partial charge in [-0.2, -0.15) is 0 Å². The summed E-state index contributed by atoms with van der Waals surface area (Å²) in [6, 6.07) is 0. The number of ether oxygens (including phenoxy) is 1. The van der Waals surface area contributed by atoms with Crippen LogP contribution in [0.15, 0.2) is 0 Å². The van der Waals surface area contributed by atoms with Crippen LogP contribution in [-0.4, -0.2) is 11.6 Å². The summed E-state index contributed by atoms with van der Waals surface area (Å²) < 4.78 is 5.13. The third-order valence-corrected chi connectivity index (χ3v) is 2.13. The normalized spacial score (nSPS) is 22.7. The summed E-state index contributed by atoms with van der Waals surface area (Å²) in [6.45, 7) is 5.37. The lowest BCUT2D eigenvalue weighted by Crippen LogP contribution is -2.33. The zero-order valence-electron chi connectivity index (χ0n) is 7.06. The zero-order chi connectivity index (χ0) is 8.32. The minimum atomic E-state index is -0.399. The predicted octanol–water partition coefficient (Wildman–Crippen LogP) is 2.09. The van der Waals surface area contributed by atoms with Crippen molar-refractivity contribution in [1.29, 1.82) is 0 Å². The number of esters is 1. The van der Waals surface area contributed by atoms with E-state index in [1.54, 1.807) is 0 Å². The van der Waals surface area contributed by atoms with Crippen molar-refractivity contribution in [2.45, 2.75) is 44.6 Å². The molecular weight excluding hydrogens is 140 g/mol. The highest BCUT2D eigenvalue weighted by Crippen LogP contribution is 2.30. The molecule has 2 nitrogen and oxygen atoms in total. The van der Waals surface area contributed by atoms with Crippen LogP contribution in [0, 0.1) is 6.92 Å². The first-order valence-electron chi connectivity index (χ1n) is 4.17. The summed E-state index contributed by atoms with van der Waals surface area (Å²) in [7, 11) is 0. The molecule has 1 saturated carbocycles. The number of rotatable bonds is 1. The first-order valence-corrected chi connectivity index (χ1v) is 4.17. The van der Waals surface area contributed by atoms with E-state index in [2.05, 4.69) is 6.92 Å². The molecule has 0 bridgehead atoms. The van der Waals surface area contributed by atoms with Gasteiger partial charge in [-0.3, -0.25) is 4.79 Å². The highest BCUT2D eigenvalue weighted by Gasteiger charge is 2.29. The maximum Gasteiger partial charge on any atom is 0.303 e. The standard InChI is InChI=1S/C9H15O2/c1-8(10)11-9(2)6-4-3-5-7-9/h2-7H2,1H3. The van der Waals surface area contributed by atoms with Crippen LogP contribution in [0.4, 0.5) is 0 Å². The fourth-order valence-corrected chi connectivity index (χ4v) is 1.60. The van der Waals surface area contributed by atoms with Gasteiger partial charge in [-0.25, -0.2) is 0 Å². The van der Waals surface area contributed by atoms with E-state index >= 15 is 0 Å². The average Bonchev–Trinajstić information content (AvgIpc) is 1.85. The Labute approximate surface area is 67.9 Å². The van der Waals surface area contributed by atoms with Gasteiger partial charge in [-0.15, -0.1) is 0 Å². The van der Waals surface area contributed by atoms with E-state index in [1.165, 1.54) is 13.3 Å². The van der Waals surface area contributed by atoms with Crippen molar-refractivity contribution in [3.8, 4) is 0 Å².